The van der Waals surface area contributed by atoms with E-state index in [0.29, 0.717) is 11.4 Å². The molecule has 1 amide bonds. The molecule has 0 aliphatic carbocycles. The average molecular weight is 294 g/mol. The highest BCUT2D eigenvalue weighted by Gasteiger charge is 2.04. The highest BCUT2D eigenvalue weighted by molar-refractivity contribution is 7.92. The van der Waals surface area contributed by atoms with Gasteiger partial charge in [-0.1, -0.05) is 6.07 Å². The largest absolute Gasteiger partial charge is 0.330 e. The van der Waals surface area contributed by atoms with E-state index in [1.165, 1.54) is 6.07 Å². The molecule has 0 saturated carbocycles. The van der Waals surface area contributed by atoms with Gasteiger partial charge in [0.25, 0.3) is 0 Å². The summed E-state index contributed by atoms with van der Waals surface area (Å²) in [6, 6.07) is 6.45. The molecule has 8 heteroatoms. The predicted molar refractivity (Wildman–Crippen MR) is 74.5 cm³/mol. The first-order valence-electron chi connectivity index (χ1n) is 4.98. The van der Waals surface area contributed by atoms with Crippen molar-refractivity contribution in [2.24, 2.45) is 5.73 Å². The van der Waals surface area contributed by atoms with Gasteiger partial charge in [-0.25, -0.2) is 8.42 Å². The summed E-state index contributed by atoms with van der Waals surface area (Å²) in [4.78, 5) is 11.3. The van der Waals surface area contributed by atoms with E-state index in [-0.39, 0.29) is 31.3 Å². The van der Waals surface area contributed by atoms with Crippen LogP contribution >= 0.6 is 12.4 Å². The average Bonchev–Trinajstić information content (AvgIpc) is 2.15. The zero-order valence-corrected chi connectivity index (χ0v) is 11.5. The van der Waals surface area contributed by atoms with Crippen molar-refractivity contribution in [3.63, 3.8) is 0 Å². The van der Waals surface area contributed by atoms with E-state index in [9.17, 15) is 13.2 Å². The lowest BCUT2D eigenvalue weighted by molar-refractivity contribution is -0.116. The van der Waals surface area contributed by atoms with Gasteiger partial charge in [-0.3, -0.25) is 9.52 Å². The van der Waals surface area contributed by atoms with Crippen molar-refractivity contribution >= 4 is 39.7 Å². The van der Waals surface area contributed by atoms with Crippen LogP contribution in [0.3, 0.4) is 0 Å². The zero-order chi connectivity index (χ0) is 12.9. The Morgan fingerprint density at radius 2 is 1.94 bits per heavy atom. The molecule has 1 rings (SSSR count). The van der Waals surface area contributed by atoms with Crippen LogP contribution in [0.15, 0.2) is 24.3 Å². The molecule has 0 bridgehead atoms. The summed E-state index contributed by atoms with van der Waals surface area (Å²) in [6.45, 7) is 0.271. The van der Waals surface area contributed by atoms with Crippen LogP contribution in [0.5, 0.6) is 0 Å². The minimum Gasteiger partial charge on any atom is -0.330 e. The van der Waals surface area contributed by atoms with Crippen LogP contribution in [-0.4, -0.2) is 27.1 Å². The number of amides is 1. The normalized spacial score (nSPS) is 10.3. The maximum Gasteiger partial charge on any atom is 0.229 e. The molecule has 1 aromatic carbocycles. The molecule has 0 aromatic heterocycles. The van der Waals surface area contributed by atoms with E-state index in [2.05, 4.69) is 10.0 Å². The summed E-state index contributed by atoms with van der Waals surface area (Å²) in [7, 11) is -3.32. The first-order chi connectivity index (χ1) is 7.90. The van der Waals surface area contributed by atoms with E-state index in [1.807, 2.05) is 0 Å². The monoisotopic (exact) mass is 293 g/mol. The fourth-order valence-electron chi connectivity index (χ4n) is 1.23. The minimum absolute atomic E-state index is 0. The lowest BCUT2D eigenvalue weighted by Crippen LogP contribution is -2.16. The number of halogens is 1. The summed E-state index contributed by atoms with van der Waals surface area (Å²) in [5.41, 5.74) is 6.17. The van der Waals surface area contributed by atoms with Gasteiger partial charge in [-0.05, 0) is 18.2 Å². The number of carbonyl (C=O) groups excluding carboxylic acids is 1. The Labute approximate surface area is 112 Å². The molecule has 0 aliphatic rings. The molecule has 0 unspecified atom stereocenters. The van der Waals surface area contributed by atoms with E-state index < -0.39 is 10.0 Å². The molecule has 18 heavy (non-hydrogen) atoms. The van der Waals surface area contributed by atoms with Gasteiger partial charge in [-0.2, -0.15) is 0 Å². The van der Waals surface area contributed by atoms with Gasteiger partial charge in [0.2, 0.25) is 15.9 Å². The number of nitrogens with two attached hydrogens (primary N) is 1. The van der Waals surface area contributed by atoms with Crippen molar-refractivity contribution in [2.45, 2.75) is 6.42 Å². The van der Waals surface area contributed by atoms with Crippen LogP contribution in [0, 0.1) is 0 Å². The molecule has 6 nitrogen and oxygen atoms in total. The lowest BCUT2D eigenvalue weighted by atomic mass is 10.2. The third-order valence-electron chi connectivity index (χ3n) is 1.82. The number of rotatable bonds is 5. The summed E-state index contributed by atoms with van der Waals surface area (Å²) < 4.78 is 24.4. The lowest BCUT2D eigenvalue weighted by Gasteiger charge is -2.07. The van der Waals surface area contributed by atoms with Gasteiger partial charge in [0, 0.05) is 18.7 Å². The second kappa shape index (κ2) is 7.20. The Bertz CT molecular complexity index is 505. The molecule has 4 N–H and O–H groups in total. The fourth-order valence-corrected chi connectivity index (χ4v) is 1.78. The maximum atomic E-state index is 11.3. The third kappa shape index (κ3) is 6.43. The molecular weight excluding hydrogens is 278 g/mol. The van der Waals surface area contributed by atoms with Crippen LogP contribution < -0.4 is 15.8 Å². The van der Waals surface area contributed by atoms with Gasteiger partial charge < -0.3 is 11.1 Å². The predicted octanol–water partition coefficient (Wildman–Crippen LogP) is 0.767. The Balaban J connectivity index is 0.00000289. The molecule has 0 saturated heterocycles. The molecular formula is C10H16ClN3O3S. The van der Waals surface area contributed by atoms with Gasteiger partial charge >= 0.3 is 0 Å². The quantitative estimate of drug-likeness (QED) is 0.746. The van der Waals surface area contributed by atoms with Gasteiger partial charge in [0.15, 0.2) is 0 Å². The Kier molecular flexibility index (Phi) is 6.67. The molecule has 1 aromatic rings. The third-order valence-corrected chi connectivity index (χ3v) is 2.43. The van der Waals surface area contributed by atoms with Gasteiger partial charge in [0.05, 0.1) is 11.9 Å². The molecule has 0 spiro atoms. The second-order valence-corrected chi connectivity index (χ2v) is 5.29. The first kappa shape index (κ1) is 16.7. The highest BCUT2D eigenvalue weighted by Crippen LogP contribution is 2.16. The van der Waals surface area contributed by atoms with E-state index in [4.69, 9.17) is 5.73 Å². The number of anilines is 2. The Morgan fingerprint density at radius 3 is 2.50 bits per heavy atom. The van der Waals surface area contributed by atoms with Gasteiger partial charge in [0.1, 0.15) is 0 Å². The summed E-state index contributed by atoms with van der Waals surface area (Å²) >= 11 is 0. The number of nitrogens with one attached hydrogen (secondary N) is 2. The van der Waals surface area contributed by atoms with Crippen LogP contribution in [0.25, 0.3) is 0 Å². The number of hydrogen-bond donors (Lipinski definition) is 3. The van der Waals surface area contributed by atoms with Crippen molar-refractivity contribution in [3.8, 4) is 0 Å². The second-order valence-electron chi connectivity index (χ2n) is 3.54. The summed E-state index contributed by atoms with van der Waals surface area (Å²) in [5.74, 6) is -0.205. The standard InChI is InChI=1S/C10H15N3O3S.ClH/c1-17(15,16)13-9-4-2-3-8(7-9)12-10(14)5-6-11;/h2-4,7,13H,5-6,11H2,1H3,(H,12,14);1H. The topological polar surface area (TPSA) is 101 Å². The van der Waals surface area contributed by atoms with Crippen LogP contribution in [0.1, 0.15) is 6.42 Å². The van der Waals surface area contributed by atoms with E-state index in [0.717, 1.165) is 6.26 Å². The number of carbonyl (C=O) groups is 1. The highest BCUT2D eigenvalue weighted by atomic mass is 35.5. The maximum absolute atomic E-state index is 11.3. The minimum atomic E-state index is -3.32. The molecule has 0 heterocycles. The molecule has 0 aliphatic heterocycles. The Hall–Kier alpha value is -1.31. The zero-order valence-electron chi connectivity index (χ0n) is 9.84. The van der Waals surface area contributed by atoms with E-state index in [1.54, 1.807) is 18.2 Å². The van der Waals surface area contributed by atoms with Gasteiger partial charge in [-0.15, -0.1) is 12.4 Å². The van der Waals surface area contributed by atoms with Crippen molar-refractivity contribution in [1.82, 2.24) is 0 Å². The van der Waals surface area contributed by atoms with Crippen LogP contribution in [0.2, 0.25) is 0 Å². The van der Waals surface area contributed by atoms with Crippen LogP contribution in [-0.2, 0) is 14.8 Å². The summed E-state index contributed by atoms with van der Waals surface area (Å²) in [5, 5.41) is 2.62. The molecule has 0 fully saturated rings. The number of benzene rings is 1. The SMILES string of the molecule is CS(=O)(=O)Nc1cccc(NC(=O)CCN)c1.Cl. The Morgan fingerprint density at radius 1 is 1.33 bits per heavy atom. The smallest absolute Gasteiger partial charge is 0.229 e. The first-order valence-corrected chi connectivity index (χ1v) is 6.87. The fraction of sp³-hybridized carbons (Fsp3) is 0.300. The van der Waals surface area contributed by atoms with Crippen molar-refractivity contribution in [2.75, 3.05) is 22.8 Å². The number of sulfonamides is 1. The van der Waals surface area contributed by atoms with Crippen molar-refractivity contribution in [3.05, 3.63) is 24.3 Å². The van der Waals surface area contributed by atoms with E-state index >= 15 is 0 Å². The summed E-state index contributed by atoms with van der Waals surface area (Å²) in [6.07, 6.45) is 1.29. The number of hydrogen-bond acceptors (Lipinski definition) is 4. The van der Waals surface area contributed by atoms with Crippen molar-refractivity contribution in [1.29, 1.82) is 0 Å². The molecule has 0 radical (unpaired) electrons. The molecule has 102 valence electrons. The van der Waals surface area contributed by atoms with Crippen molar-refractivity contribution < 1.29 is 13.2 Å². The van der Waals surface area contributed by atoms with Crippen LogP contribution in [0.4, 0.5) is 11.4 Å². The molecule has 0 atom stereocenters.